The van der Waals surface area contributed by atoms with E-state index in [4.69, 9.17) is 4.74 Å². The minimum absolute atomic E-state index is 0.00463. The normalized spacial score (nSPS) is 15.9. The summed E-state index contributed by atoms with van der Waals surface area (Å²) in [5.41, 5.74) is 1.61. The molecule has 0 radical (unpaired) electrons. The van der Waals surface area contributed by atoms with E-state index in [1.54, 1.807) is 19.2 Å². The van der Waals surface area contributed by atoms with E-state index in [9.17, 15) is 9.59 Å². The molecular formula is C21H31N3O3. The lowest BCUT2D eigenvalue weighted by Crippen LogP contribution is -2.55. The van der Waals surface area contributed by atoms with E-state index in [0.29, 0.717) is 50.6 Å². The highest BCUT2D eigenvalue weighted by atomic mass is 16.5. The number of carbonyl (C=O) groups excluding carboxylic acids is 2. The monoisotopic (exact) mass is 373 g/mol. The van der Waals surface area contributed by atoms with Crippen LogP contribution in [0.3, 0.4) is 0 Å². The average Bonchev–Trinajstić information content (AvgIpc) is 2.70. The van der Waals surface area contributed by atoms with Crippen LogP contribution in [-0.4, -0.2) is 78.9 Å². The van der Waals surface area contributed by atoms with Gasteiger partial charge in [-0.3, -0.25) is 14.5 Å². The highest BCUT2D eigenvalue weighted by Gasteiger charge is 2.30. The van der Waals surface area contributed by atoms with Crippen molar-refractivity contribution < 1.29 is 14.3 Å². The summed E-state index contributed by atoms with van der Waals surface area (Å²) in [7, 11) is 1.59. The van der Waals surface area contributed by atoms with Crippen LogP contribution in [0.15, 0.2) is 36.4 Å². The van der Waals surface area contributed by atoms with Crippen molar-refractivity contribution in [3.63, 3.8) is 0 Å². The fraction of sp³-hybridized carbons (Fsp3) is 0.524. The zero-order valence-corrected chi connectivity index (χ0v) is 16.9. The smallest absolute Gasteiger partial charge is 0.254 e. The van der Waals surface area contributed by atoms with Gasteiger partial charge in [-0.05, 0) is 39.0 Å². The van der Waals surface area contributed by atoms with Gasteiger partial charge in [0.25, 0.3) is 5.91 Å². The molecule has 6 heteroatoms. The van der Waals surface area contributed by atoms with E-state index >= 15 is 0 Å². The van der Waals surface area contributed by atoms with Gasteiger partial charge in [0.05, 0.1) is 13.2 Å². The predicted octanol–water partition coefficient (Wildman–Crippen LogP) is 2.27. The Balaban J connectivity index is 1.94. The molecule has 27 heavy (non-hydrogen) atoms. The van der Waals surface area contributed by atoms with Crippen molar-refractivity contribution in [1.82, 2.24) is 14.7 Å². The molecule has 1 aliphatic rings. The highest BCUT2D eigenvalue weighted by molar-refractivity contribution is 5.94. The number of likely N-dealkylation sites (N-methyl/N-ethyl adjacent to an activating group) is 1. The number of benzene rings is 1. The third kappa shape index (κ3) is 5.32. The largest absolute Gasteiger partial charge is 0.497 e. The fourth-order valence-electron chi connectivity index (χ4n) is 3.34. The third-order valence-corrected chi connectivity index (χ3v) is 4.98. The minimum atomic E-state index is -0.196. The molecule has 0 aromatic heterocycles. The molecule has 148 valence electrons. The summed E-state index contributed by atoms with van der Waals surface area (Å²) in [4.78, 5) is 31.3. The van der Waals surface area contributed by atoms with Gasteiger partial charge >= 0.3 is 0 Å². The fourth-order valence-corrected chi connectivity index (χ4v) is 3.34. The van der Waals surface area contributed by atoms with Crippen LogP contribution < -0.4 is 4.74 Å². The maximum atomic E-state index is 12.8. The number of amides is 2. The van der Waals surface area contributed by atoms with Crippen LogP contribution in [0.2, 0.25) is 0 Å². The Bertz CT molecular complexity index is 681. The molecule has 1 fully saturated rings. The van der Waals surface area contributed by atoms with Crippen LogP contribution in [0, 0.1) is 0 Å². The van der Waals surface area contributed by atoms with E-state index in [-0.39, 0.29) is 17.9 Å². The Labute approximate surface area is 162 Å². The summed E-state index contributed by atoms with van der Waals surface area (Å²) in [5, 5.41) is 0. The predicted molar refractivity (Wildman–Crippen MR) is 107 cm³/mol. The zero-order valence-electron chi connectivity index (χ0n) is 16.9. The molecule has 0 aliphatic carbocycles. The molecule has 0 saturated carbocycles. The lowest BCUT2D eigenvalue weighted by Gasteiger charge is -2.39. The van der Waals surface area contributed by atoms with Crippen molar-refractivity contribution in [2.45, 2.75) is 26.8 Å². The first-order valence-corrected chi connectivity index (χ1v) is 9.48. The van der Waals surface area contributed by atoms with Gasteiger partial charge in [0.2, 0.25) is 5.91 Å². The summed E-state index contributed by atoms with van der Waals surface area (Å²) in [6.45, 7) is 13.6. The number of rotatable bonds is 7. The summed E-state index contributed by atoms with van der Waals surface area (Å²) in [6, 6.07) is 7.02. The second kappa shape index (κ2) is 9.55. The average molecular weight is 373 g/mol. The van der Waals surface area contributed by atoms with Crippen LogP contribution in [0.4, 0.5) is 0 Å². The van der Waals surface area contributed by atoms with E-state index in [0.717, 1.165) is 5.57 Å². The van der Waals surface area contributed by atoms with Gasteiger partial charge in [0.15, 0.2) is 0 Å². The molecule has 6 nitrogen and oxygen atoms in total. The van der Waals surface area contributed by atoms with Crippen LogP contribution in [0.25, 0.3) is 0 Å². The molecule has 1 unspecified atom stereocenters. The summed E-state index contributed by atoms with van der Waals surface area (Å²) in [5.74, 6) is 0.800. The molecular weight excluding hydrogens is 342 g/mol. The van der Waals surface area contributed by atoms with E-state index in [2.05, 4.69) is 11.5 Å². The lowest BCUT2D eigenvalue weighted by molar-refractivity contribution is -0.136. The molecule has 0 spiro atoms. The topological polar surface area (TPSA) is 53.1 Å². The molecule has 0 N–H and O–H groups in total. The molecule has 1 atom stereocenters. The van der Waals surface area contributed by atoms with Crippen LogP contribution in [0.1, 0.15) is 31.1 Å². The van der Waals surface area contributed by atoms with Crippen molar-refractivity contribution in [3.8, 4) is 5.75 Å². The maximum Gasteiger partial charge on any atom is 0.254 e. The Morgan fingerprint density at radius 1 is 1.26 bits per heavy atom. The van der Waals surface area contributed by atoms with Crippen LogP contribution in [-0.2, 0) is 4.79 Å². The van der Waals surface area contributed by atoms with Gasteiger partial charge in [0, 0.05) is 44.8 Å². The van der Waals surface area contributed by atoms with Gasteiger partial charge in [-0.1, -0.05) is 18.2 Å². The number of piperazine rings is 1. The molecule has 2 rings (SSSR count). The SMILES string of the molecule is C=C(C)CN(CC)C(=O)C(C)N1CCN(C(=O)c2cccc(OC)c2)CC1. The number of nitrogens with zero attached hydrogens (tertiary/aromatic N) is 3. The second-order valence-corrected chi connectivity index (χ2v) is 7.05. The van der Waals surface area contributed by atoms with Gasteiger partial charge in [0.1, 0.15) is 5.75 Å². The van der Waals surface area contributed by atoms with Crippen molar-refractivity contribution in [2.75, 3.05) is 46.4 Å². The van der Waals surface area contributed by atoms with Gasteiger partial charge in [-0.15, -0.1) is 0 Å². The lowest BCUT2D eigenvalue weighted by atomic mass is 10.1. The van der Waals surface area contributed by atoms with E-state index < -0.39 is 0 Å². The number of hydrogen-bond acceptors (Lipinski definition) is 4. The van der Waals surface area contributed by atoms with Gasteiger partial charge in [-0.25, -0.2) is 0 Å². The Hall–Kier alpha value is -2.34. The number of ether oxygens (including phenoxy) is 1. The summed E-state index contributed by atoms with van der Waals surface area (Å²) < 4.78 is 5.20. The Kier molecular flexibility index (Phi) is 7.42. The molecule has 1 aromatic rings. The molecule has 0 bridgehead atoms. The van der Waals surface area contributed by atoms with Crippen LogP contribution in [0.5, 0.6) is 5.75 Å². The zero-order chi connectivity index (χ0) is 20.0. The first-order chi connectivity index (χ1) is 12.9. The second-order valence-electron chi connectivity index (χ2n) is 7.05. The third-order valence-electron chi connectivity index (χ3n) is 4.98. The van der Waals surface area contributed by atoms with Crippen molar-refractivity contribution in [2.24, 2.45) is 0 Å². The first-order valence-electron chi connectivity index (χ1n) is 9.48. The van der Waals surface area contributed by atoms with Crippen molar-refractivity contribution in [3.05, 3.63) is 42.0 Å². The molecule has 1 saturated heterocycles. The Morgan fingerprint density at radius 3 is 2.48 bits per heavy atom. The van der Waals surface area contributed by atoms with Crippen molar-refractivity contribution in [1.29, 1.82) is 0 Å². The molecule has 1 aromatic carbocycles. The van der Waals surface area contributed by atoms with Crippen molar-refractivity contribution >= 4 is 11.8 Å². The molecule has 2 amide bonds. The molecule has 1 aliphatic heterocycles. The number of hydrogen-bond donors (Lipinski definition) is 0. The molecule has 1 heterocycles. The quantitative estimate of drug-likeness (QED) is 0.688. The number of methoxy groups -OCH3 is 1. The summed E-state index contributed by atoms with van der Waals surface area (Å²) >= 11 is 0. The standard InChI is InChI=1S/C21H31N3O3/c1-6-22(15-16(2)3)20(25)17(4)23-10-12-24(13-11-23)21(26)18-8-7-9-19(14-18)27-5/h7-9,14,17H,2,6,10-13,15H2,1,3-5H3. The van der Waals surface area contributed by atoms with Crippen LogP contribution >= 0.6 is 0 Å². The Morgan fingerprint density at radius 2 is 1.93 bits per heavy atom. The van der Waals surface area contributed by atoms with Gasteiger partial charge < -0.3 is 14.5 Å². The first kappa shape index (κ1) is 21.0. The van der Waals surface area contributed by atoms with E-state index in [1.165, 1.54) is 0 Å². The van der Waals surface area contributed by atoms with E-state index in [1.807, 2.05) is 42.7 Å². The summed E-state index contributed by atoms with van der Waals surface area (Å²) in [6.07, 6.45) is 0. The minimum Gasteiger partial charge on any atom is -0.497 e. The van der Waals surface area contributed by atoms with Gasteiger partial charge in [-0.2, -0.15) is 0 Å². The maximum absolute atomic E-state index is 12.8. The highest BCUT2D eigenvalue weighted by Crippen LogP contribution is 2.16. The number of carbonyl (C=O) groups is 2.